The summed E-state index contributed by atoms with van der Waals surface area (Å²) in [6.45, 7) is 4.72. The van der Waals surface area contributed by atoms with Gasteiger partial charge in [-0.2, -0.15) is 0 Å². The number of rotatable bonds is 5. The quantitative estimate of drug-likeness (QED) is 0.823. The third-order valence-electron chi connectivity index (χ3n) is 6.25. The first kappa shape index (κ1) is 17.0. The Morgan fingerprint density at radius 2 is 2.16 bits per heavy atom. The van der Waals surface area contributed by atoms with E-state index in [1.54, 1.807) is 7.11 Å². The average Bonchev–Trinajstić information content (AvgIpc) is 3.43. The van der Waals surface area contributed by atoms with Gasteiger partial charge in [-0.25, -0.2) is 0 Å². The van der Waals surface area contributed by atoms with Crippen molar-refractivity contribution < 1.29 is 9.53 Å². The highest BCUT2D eigenvalue weighted by Crippen LogP contribution is 2.44. The standard InChI is InChI=1S/C20H29N3O2/c1-25-14-18-11-20(15-23(18)13-16-3-2-8-21-12-16)6-9-22(10-7-20)19(24)17-4-5-17/h2-3,8,12,17-18H,4-7,9-11,13-15H2,1H3/t18-/m1/s1. The molecule has 3 fully saturated rings. The van der Waals surface area contributed by atoms with Crippen LogP contribution in [-0.2, 0) is 16.1 Å². The summed E-state index contributed by atoms with van der Waals surface area (Å²) in [7, 11) is 1.80. The Kier molecular flexibility index (Phi) is 4.78. The van der Waals surface area contributed by atoms with Crippen LogP contribution in [0.5, 0.6) is 0 Å². The van der Waals surface area contributed by atoms with E-state index in [9.17, 15) is 4.79 Å². The molecule has 1 aliphatic carbocycles. The molecule has 2 saturated heterocycles. The number of hydrogen-bond donors (Lipinski definition) is 0. The molecule has 0 N–H and O–H groups in total. The van der Waals surface area contributed by atoms with Crippen molar-refractivity contribution in [3.05, 3.63) is 30.1 Å². The minimum Gasteiger partial charge on any atom is -0.383 e. The molecule has 25 heavy (non-hydrogen) atoms. The Morgan fingerprint density at radius 3 is 2.80 bits per heavy atom. The second-order valence-corrected chi connectivity index (χ2v) is 8.18. The van der Waals surface area contributed by atoms with E-state index < -0.39 is 0 Å². The summed E-state index contributed by atoms with van der Waals surface area (Å²) in [5, 5.41) is 0. The van der Waals surface area contributed by atoms with Crippen LogP contribution in [0.1, 0.15) is 37.7 Å². The first-order chi connectivity index (χ1) is 12.2. The molecule has 5 nitrogen and oxygen atoms in total. The van der Waals surface area contributed by atoms with Gasteiger partial charge in [-0.15, -0.1) is 0 Å². The lowest BCUT2D eigenvalue weighted by Crippen LogP contribution is -2.44. The number of nitrogens with zero attached hydrogens (tertiary/aromatic N) is 3. The van der Waals surface area contributed by atoms with Gasteiger partial charge in [0.2, 0.25) is 5.91 Å². The lowest BCUT2D eigenvalue weighted by molar-refractivity contribution is -0.134. The van der Waals surface area contributed by atoms with E-state index in [1.165, 1.54) is 12.0 Å². The van der Waals surface area contributed by atoms with Gasteiger partial charge >= 0.3 is 0 Å². The fraction of sp³-hybridized carbons (Fsp3) is 0.700. The molecule has 1 amide bonds. The molecule has 3 heterocycles. The van der Waals surface area contributed by atoms with Gasteiger partial charge in [0.1, 0.15) is 0 Å². The molecule has 3 aliphatic rings. The molecule has 136 valence electrons. The zero-order chi connectivity index (χ0) is 17.3. The van der Waals surface area contributed by atoms with Gasteiger partial charge in [-0.1, -0.05) is 6.07 Å². The Balaban J connectivity index is 1.40. The van der Waals surface area contributed by atoms with Gasteiger partial charge in [0.25, 0.3) is 0 Å². The molecule has 0 aromatic carbocycles. The summed E-state index contributed by atoms with van der Waals surface area (Å²) in [6, 6.07) is 4.63. The van der Waals surface area contributed by atoms with Crippen molar-refractivity contribution >= 4 is 5.91 Å². The van der Waals surface area contributed by atoms with Gasteiger partial charge in [-0.3, -0.25) is 14.7 Å². The summed E-state index contributed by atoms with van der Waals surface area (Å²) < 4.78 is 5.50. The monoisotopic (exact) mass is 343 g/mol. The van der Waals surface area contributed by atoms with Gasteiger partial charge < -0.3 is 9.64 Å². The van der Waals surface area contributed by atoms with Crippen molar-refractivity contribution in [1.29, 1.82) is 0 Å². The smallest absolute Gasteiger partial charge is 0.225 e. The number of methoxy groups -OCH3 is 1. The van der Waals surface area contributed by atoms with Crippen LogP contribution in [-0.4, -0.2) is 60.1 Å². The number of pyridine rings is 1. The predicted octanol–water partition coefficient (Wildman–Crippen LogP) is 2.32. The van der Waals surface area contributed by atoms with Gasteiger partial charge in [0.15, 0.2) is 0 Å². The van der Waals surface area contributed by atoms with Crippen molar-refractivity contribution in [2.45, 2.75) is 44.7 Å². The summed E-state index contributed by atoms with van der Waals surface area (Å²) in [5.74, 6) is 0.759. The number of carbonyl (C=O) groups excluding carboxylic acids is 1. The molecule has 1 saturated carbocycles. The molecule has 0 radical (unpaired) electrons. The van der Waals surface area contributed by atoms with E-state index in [4.69, 9.17) is 4.74 Å². The number of hydrogen-bond acceptors (Lipinski definition) is 4. The lowest BCUT2D eigenvalue weighted by atomic mass is 9.76. The van der Waals surface area contributed by atoms with Crippen LogP contribution in [0.2, 0.25) is 0 Å². The van der Waals surface area contributed by atoms with Crippen LogP contribution in [0.25, 0.3) is 0 Å². The fourth-order valence-electron chi connectivity index (χ4n) is 4.67. The Bertz CT molecular complexity index is 594. The molecule has 1 aromatic rings. The minimum absolute atomic E-state index is 0.348. The molecular formula is C20H29N3O2. The largest absolute Gasteiger partial charge is 0.383 e. The Labute approximate surface area is 150 Å². The van der Waals surface area contributed by atoms with E-state index in [0.29, 0.717) is 23.3 Å². The lowest BCUT2D eigenvalue weighted by Gasteiger charge is -2.39. The predicted molar refractivity (Wildman–Crippen MR) is 95.9 cm³/mol. The van der Waals surface area contributed by atoms with E-state index in [-0.39, 0.29) is 0 Å². The molecule has 4 rings (SSSR count). The molecular weight excluding hydrogens is 314 g/mol. The second-order valence-electron chi connectivity index (χ2n) is 8.18. The number of aromatic nitrogens is 1. The SMILES string of the molecule is COC[C@H]1CC2(CCN(C(=O)C3CC3)CC2)CN1Cc1cccnc1. The maximum atomic E-state index is 12.3. The maximum absolute atomic E-state index is 12.3. The number of piperidine rings is 1. The van der Waals surface area contributed by atoms with Gasteiger partial charge in [0.05, 0.1) is 6.61 Å². The maximum Gasteiger partial charge on any atom is 0.225 e. The van der Waals surface area contributed by atoms with Gasteiger partial charge in [0, 0.05) is 57.6 Å². The van der Waals surface area contributed by atoms with Crippen molar-refractivity contribution in [2.24, 2.45) is 11.3 Å². The number of carbonyl (C=O) groups is 1. The van der Waals surface area contributed by atoms with Crippen molar-refractivity contribution in [2.75, 3.05) is 33.4 Å². The summed E-state index contributed by atoms with van der Waals surface area (Å²) in [6.07, 6.45) is 9.46. The van der Waals surface area contributed by atoms with E-state index in [2.05, 4.69) is 20.9 Å². The molecule has 0 bridgehead atoms. The normalized spacial score (nSPS) is 26.3. The molecule has 2 aliphatic heterocycles. The number of amides is 1. The highest BCUT2D eigenvalue weighted by atomic mass is 16.5. The highest BCUT2D eigenvalue weighted by molar-refractivity contribution is 5.81. The van der Waals surface area contributed by atoms with Crippen LogP contribution in [0.4, 0.5) is 0 Å². The average molecular weight is 343 g/mol. The first-order valence-electron chi connectivity index (χ1n) is 9.60. The van der Waals surface area contributed by atoms with Crippen LogP contribution in [0.15, 0.2) is 24.5 Å². The van der Waals surface area contributed by atoms with Crippen LogP contribution in [0.3, 0.4) is 0 Å². The van der Waals surface area contributed by atoms with E-state index in [1.807, 2.05) is 18.5 Å². The summed E-state index contributed by atoms with van der Waals surface area (Å²) in [4.78, 5) is 21.3. The third kappa shape index (κ3) is 3.72. The third-order valence-corrected chi connectivity index (χ3v) is 6.25. The zero-order valence-corrected chi connectivity index (χ0v) is 15.2. The second kappa shape index (κ2) is 7.04. The summed E-state index contributed by atoms with van der Waals surface area (Å²) >= 11 is 0. The highest BCUT2D eigenvalue weighted by Gasteiger charge is 2.46. The Morgan fingerprint density at radius 1 is 1.36 bits per heavy atom. The summed E-state index contributed by atoms with van der Waals surface area (Å²) in [5.41, 5.74) is 1.62. The first-order valence-corrected chi connectivity index (χ1v) is 9.60. The molecule has 1 atom stereocenters. The van der Waals surface area contributed by atoms with E-state index >= 15 is 0 Å². The van der Waals surface area contributed by atoms with Crippen LogP contribution in [0, 0.1) is 11.3 Å². The number of likely N-dealkylation sites (tertiary alicyclic amines) is 2. The molecule has 1 spiro atoms. The van der Waals surface area contributed by atoms with Crippen LogP contribution < -0.4 is 0 Å². The van der Waals surface area contributed by atoms with Gasteiger partial charge in [-0.05, 0) is 49.1 Å². The van der Waals surface area contributed by atoms with Crippen molar-refractivity contribution in [3.8, 4) is 0 Å². The van der Waals surface area contributed by atoms with E-state index in [0.717, 1.165) is 58.5 Å². The molecule has 1 aromatic heterocycles. The van der Waals surface area contributed by atoms with Crippen molar-refractivity contribution in [1.82, 2.24) is 14.8 Å². The zero-order valence-electron chi connectivity index (χ0n) is 15.2. The van der Waals surface area contributed by atoms with Crippen molar-refractivity contribution in [3.63, 3.8) is 0 Å². The molecule has 0 unspecified atom stereocenters. The topological polar surface area (TPSA) is 45.7 Å². The Hall–Kier alpha value is -1.46. The number of ether oxygens (including phenoxy) is 1. The molecule has 5 heteroatoms. The fourth-order valence-corrected chi connectivity index (χ4v) is 4.67. The minimum atomic E-state index is 0.348. The van der Waals surface area contributed by atoms with Crippen LogP contribution >= 0.6 is 0 Å².